The highest BCUT2D eigenvalue weighted by Gasteiger charge is 2.10. The molecule has 0 radical (unpaired) electrons. The third-order valence-electron chi connectivity index (χ3n) is 4.11. The molecule has 0 spiro atoms. The summed E-state index contributed by atoms with van der Waals surface area (Å²) >= 11 is 0. The molecule has 0 bridgehead atoms. The number of hydrogen-bond donors (Lipinski definition) is 1. The van der Waals surface area contributed by atoms with Crippen molar-refractivity contribution in [2.45, 2.75) is 33.3 Å². The summed E-state index contributed by atoms with van der Waals surface area (Å²) in [5.41, 5.74) is 2.04. The number of allylic oxidation sites excluding steroid dienone is 4. The number of rotatable bonds is 7. The quantitative estimate of drug-likeness (QED) is 0.568. The topological polar surface area (TPSA) is 47.9 Å². The lowest BCUT2D eigenvalue weighted by atomic mass is 10.0. The molecule has 0 fully saturated rings. The smallest absolute Gasteiger partial charge is 0.127 e. The first-order valence-electron chi connectivity index (χ1n) is 9.45. The molecule has 0 aliphatic heterocycles. The molecular formula is C24H28O4. The largest absolute Gasteiger partial charge is 0.512 e. The molecule has 1 aliphatic rings. The number of hydrogen-bond acceptors (Lipinski definition) is 4. The molecule has 0 heterocycles. The van der Waals surface area contributed by atoms with Gasteiger partial charge in [-0.15, -0.1) is 0 Å². The fraction of sp³-hybridized carbons (Fsp3) is 0.250. The zero-order valence-electron chi connectivity index (χ0n) is 16.8. The molecule has 2 aromatic carbocycles. The standard InChI is InChI=1S/C22H22O4.C2H6/c1-16(18-5-7-19(23)8-6-18)26-22-9-3-17(4-10-22)15-25-21-13-11-20(24-2)12-14-21;1-2/h3-5,7,9-14,23H,1,6,8,15H2,2H3;1-2H3. The van der Waals surface area contributed by atoms with Crippen LogP contribution in [0.2, 0.25) is 0 Å². The molecule has 4 heteroatoms. The highest BCUT2D eigenvalue weighted by molar-refractivity contribution is 5.36. The Hall–Kier alpha value is -3.14. The van der Waals surface area contributed by atoms with Gasteiger partial charge in [-0.05, 0) is 60.0 Å². The number of aliphatic hydroxyl groups excluding tert-OH is 1. The van der Waals surface area contributed by atoms with Gasteiger partial charge in [-0.3, -0.25) is 0 Å². The van der Waals surface area contributed by atoms with Gasteiger partial charge in [0.1, 0.15) is 29.6 Å². The Labute approximate surface area is 167 Å². The summed E-state index contributed by atoms with van der Waals surface area (Å²) in [6, 6.07) is 15.2. The van der Waals surface area contributed by atoms with E-state index in [0.29, 0.717) is 24.5 Å². The average Bonchev–Trinajstić information content (AvgIpc) is 2.75. The molecule has 0 unspecified atom stereocenters. The highest BCUT2D eigenvalue weighted by atomic mass is 16.5. The summed E-state index contributed by atoms with van der Waals surface area (Å²) in [7, 11) is 1.64. The van der Waals surface area contributed by atoms with Crippen LogP contribution in [-0.2, 0) is 6.61 Å². The predicted molar refractivity (Wildman–Crippen MR) is 113 cm³/mol. The summed E-state index contributed by atoms with van der Waals surface area (Å²) < 4.78 is 16.7. The predicted octanol–water partition coefficient (Wildman–Crippen LogP) is 6.36. The van der Waals surface area contributed by atoms with Gasteiger partial charge < -0.3 is 19.3 Å². The van der Waals surface area contributed by atoms with Crippen molar-refractivity contribution in [3.05, 3.63) is 89.9 Å². The number of ether oxygens (including phenoxy) is 3. The summed E-state index contributed by atoms with van der Waals surface area (Å²) in [4.78, 5) is 0. The second kappa shape index (κ2) is 10.9. The van der Waals surface area contributed by atoms with Crippen LogP contribution in [0.3, 0.4) is 0 Å². The Bertz CT molecular complexity index is 815. The number of methoxy groups -OCH3 is 1. The first kappa shape index (κ1) is 21.2. The van der Waals surface area contributed by atoms with Gasteiger partial charge in [-0.2, -0.15) is 0 Å². The Kier molecular flexibility index (Phi) is 8.22. The lowest BCUT2D eigenvalue weighted by Gasteiger charge is -2.15. The van der Waals surface area contributed by atoms with Crippen molar-refractivity contribution in [3.8, 4) is 17.2 Å². The normalized spacial score (nSPS) is 12.7. The molecule has 148 valence electrons. The van der Waals surface area contributed by atoms with Gasteiger partial charge in [0.25, 0.3) is 0 Å². The number of benzene rings is 2. The molecule has 0 aromatic heterocycles. The molecule has 0 saturated carbocycles. The van der Waals surface area contributed by atoms with Gasteiger partial charge in [-0.1, -0.05) is 38.6 Å². The maximum absolute atomic E-state index is 9.42. The second-order valence-electron chi connectivity index (χ2n) is 5.98. The van der Waals surface area contributed by atoms with E-state index in [0.717, 1.165) is 34.8 Å². The lowest BCUT2D eigenvalue weighted by Crippen LogP contribution is -2.02. The molecule has 3 rings (SSSR count). The summed E-state index contributed by atoms with van der Waals surface area (Å²) in [6.45, 7) is 8.45. The molecular weight excluding hydrogens is 352 g/mol. The van der Waals surface area contributed by atoms with E-state index in [2.05, 4.69) is 6.58 Å². The van der Waals surface area contributed by atoms with Crippen molar-refractivity contribution in [2.24, 2.45) is 0 Å². The number of aliphatic hydroxyl groups is 1. The summed E-state index contributed by atoms with van der Waals surface area (Å²) in [6.07, 6.45) is 4.88. The maximum Gasteiger partial charge on any atom is 0.127 e. The van der Waals surface area contributed by atoms with Crippen molar-refractivity contribution >= 4 is 0 Å². The first-order valence-corrected chi connectivity index (χ1v) is 9.45. The average molecular weight is 380 g/mol. The molecule has 1 N–H and O–H groups in total. The van der Waals surface area contributed by atoms with E-state index < -0.39 is 0 Å². The van der Waals surface area contributed by atoms with E-state index in [4.69, 9.17) is 14.2 Å². The van der Waals surface area contributed by atoms with Crippen molar-refractivity contribution in [1.82, 2.24) is 0 Å². The fourth-order valence-corrected chi connectivity index (χ4v) is 2.56. The van der Waals surface area contributed by atoms with E-state index in [1.165, 1.54) is 0 Å². The zero-order chi connectivity index (χ0) is 20.4. The van der Waals surface area contributed by atoms with Gasteiger partial charge >= 0.3 is 0 Å². The zero-order valence-corrected chi connectivity index (χ0v) is 16.8. The third kappa shape index (κ3) is 6.23. The Morgan fingerprint density at radius 1 is 0.893 bits per heavy atom. The molecule has 1 aliphatic carbocycles. The lowest BCUT2D eigenvalue weighted by molar-refractivity contribution is 0.305. The van der Waals surface area contributed by atoms with E-state index in [1.54, 1.807) is 13.2 Å². The van der Waals surface area contributed by atoms with Crippen molar-refractivity contribution < 1.29 is 19.3 Å². The minimum atomic E-state index is 0.391. The minimum absolute atomic E-state index is 0.391. The first-order chi connectivity index (χ1) is 13.6. The van der Waals surface area contributed by atoms with E-state index in [9.17, 15) is 5.11 Å². The maximum atomic E-state index is 9.42. The Morgan fingerprint density at radius 3 is 2.07 bits per heavy atom. The van der Waals surface area contributed by atoms with Crippen LogP contribution in [0.1, 0.15) is 32.3 Å². The summed E-state index contributed by atoms with van der Waals surface area (Å²) in [5.74, 6) is 3.32. The Balaban J connectivity index is 0.00000136. The molecule has 2 aromatic rings. The molecule has 0 amide bonds. The van der Waals surface area contributed by atoms with Crippen LogP contribution in [0.4, 0.5) is 0 Å². The molecule has 4 nitrogen and oxygen atoms in total. The van der Waals surface area contributed by atoms with Crippen LogP contribution in [0.15, 0.2) is 84.4 Å². The highest BCUT2D eigenvalue weighted by Crippen LogP contribution is 2.25. The van der Waals surface area contributed by atoms with Crippen LogP contribution in [0.25, 0.3) is 0 Å². The van der Waals surface area contributed by atoms with Gasteiger partial charge in [0, 0.05) is 6.42 Å². The van der Waals surface area contributed by atoms with Crippen molar-refractivity contribution in [3.63, 3.8) is 0 Å². The molecule has 0 saturated heterocycles. The third-order valence-corrected chi connectivity index (χ3v) is 4.11. The molecule has 0 atom stereocenters. The molecule has 28 heavy (non-hydrogen) atoms. The van der Waals surface area contributed by atoms with Crippen LogP contribution in [-0.4, -0.2) is 12.2 Å². The van der Waals surface area contributed by atoms with Gasteiger partial charge in [-0.25, -0.2) is 0 Å². The van der Waals surface area contributed by atoms with E-state index in [-0.39, 0.29) is 0 Å². The van der Waals surface area contributed by atoms with Gasteiger partial charge in [0.15, 0.2) is 0 Å². The fourth-order valence-electron chi connectivity index (χ4n) is 2.56. The van der Waals surface area contributed by atoms with E-state index >= 15 is 0 Å². The van der Waals surface area contributed by atoms with Crippen LogP contribution >= 0.6 is 0 Å². The van der Waals surface area contributed by atoms with E-state index in [1.807, 2.05) is 68.5 Å². The van der Waals surface area contributed by atoms with Crippen molar-refractivity contribution in [1.29, 1.82) is 0 Å². The van der Waals surface area contributed by atoms with Crippen molar-refractivity contribution in [2.75, 3.05) is 7.11 Å². The minimum Gasteiger partial charge on any atom is -0.512 e. The van der Waals surface area contributed by atoms with Crippen LogP contribution < -0.4 is 14.2 Å². The monoisotopic (exact) mass is 380 g/mol. The SMILES string of the molecule is C=C(Oc1ccc(COc2ccc(OC)cc2)cc1)C1=CC=C(O)CC1.CC. The van der Waals surface area contributed by atoms with Gasteiger partial charge in [0.05, 0.1) is 12.9 Å². The van der Waals surface area contributed by atoms with Crippen LogP contribution in [0.5, 0.6) is 17.2 Å². The second-order valence-corrected chi connectivity index (χ2v) is 5.98. The Morgan fingerprint density at radius 2 is 1.50 bits per heavy atom. The van der Waals surface area contributed by atoms with Gasteiger partial charge in [0.2, 0.25) is 0 Å². The summed E-state index contributed by atoms with van der Waals surface area (Å²) in [5, 5.41) is 9.42. The van der Waals surface area contributed by atoms with Crippen LogP contribution in [0, 0.1) is 0 Å².